The summed E-state index contributed by atoms with van der Waals surface area (Å²) in [5.41, 5.74) is 4.35. The van der Waals surface area contributed by atoms with Crippen molar-refractivity contribution in [3.05, 3.63) is 120 Å². The van der Waals surface area contributed by atoms with Crippen LogP contribution in [0.5, 0.6) is 0 Å². The fraction of sp³-hybridized carbons (Fsp3) is 0.148. The summed E-state index contributed by atoms with van der Waals surface area (Å²) in [7, 11) is 0. The minimum absolute atomic E-state index is 0.199. The Hall–Kier alpha value is -3.83. The maximum absolute atomic E-state index is 12.7. The highest BCUT2D eigenvalue weighted by Crippen LogP contribution is 2.27. The lowest BCUT2D eigenvalue weighted by Gasteiger charge is -2.16. The lowest BCUT2D eigenvalue weighted by atomic mass is 10.1. The van der Waals surface area contributed by atoms with E-state index in [-0.39, 0.29) is 23.8 Å². The first-order valence-electron chi connectivity index (χ1n) is 10.4. The maximum atomic E-state index is 12.7. The van der Waals surface area contributed by atoms with E-state index in [1.807, 2.05) is 86.7 Å². The number of nitrogens with one attached hydrogen (secondary N) is 1. The molecule has 32 heavy (non-hydrogen) atoms. The minimum atomic E-state index is -1.05. The Morgan fingerprint density at radius 1 is 1.16 bits per heavy atom. The molecule has 1 amide bonds. The highest BCUT2D eigenvalue weighted by Gasteiger charge is 2.20. The number of carbonyl (C=O) groups is 1. The molecule has 0 spiro atoms. The molecule has 0 bridgehead atoms. The molecule has 0 saturated carbocycles. The lowest BCUT2D eigenvalue weighted by Crippen LogP contribution is -2.19. The Labute approximate surface area is 188 Å². The Kier molecular flexibility index (Phi) is 7.84. The fourth-order valence-electron chi connectivity index (χ4n) is 3.22. The third-order valence-corrected chi connectivity index (χ3v) is 4.86. The molecular formula is C27H27N3O2. The topological polar surface area (TPSA) is 75.1 Å². The van der Waals surface area contributed by atoms with Crippen LogP contribution in [0.4, 0.5) is 5.82 Å². The standard InChI is InChI=1S/C27H27N3O2/c1-4-9-21(10-5-2)23-18-28-27(25(29-23)26(32)22-11-7-6-8-12-22)30-24(31)17-20-15-13-19(3)14-16-20/h4-16,18,26,32H,1,17H2,2-3H3,(H,28,30,31)/b10-5-,21-9+. The van der Waals surface area contributed by atoms with Gasteiger partial charge in [0, 0.05) is 5.57 Å². The minimum Gasteiger partial charge on any atom is -0.382 e. The van der Waals surface area contributed by atoms with Crippen LogP contribution >= 0.6 is 0 Å². The van der Waals surface area contributed by atoms with Gasteiger partial charge in [0.1, 0.15) is 11.8 Å². The number of nitrogens with zero attached hydrogens (tertiary/aromatic N) is 2. The average molecular weight is 426 g/mol. The van der Waals surface area contributed by atoms with Crippen LogP contribution in [0.3, 0.4) is 0 Å². The molecule has 0 aliphatic heterocycles. The summed E-state index contributed by atoms with van der Waals surface area (Å²) in [4.78, 5) is 21.8. The van der Waals surface area contributed by atoms with Crippen LogP contribution in [0, 0.1) is 6.92 Å². The first-order chi connectivity index (χ1) is 15.5. The van der Waals surface area contributed by atoms with Gasteiger partial charge in [0.2, 0.25) is 5.91 Å². The molecule has 1 unspecified atom stereocenters. The van der Waals surface area contributed by atoms with Crippen molar-refractivity contribution in [2.24, 2.45) is 0 Å². The monoisotopic (exact) mass is 425 g/mol. The quantitative estimate of drug-likeness (QED) is 0.487. The Bertz CT molecular complexity index is 1130. The normalized spacial score (nSPS) is 12.5. The van der Waals surface area contributed by atoms with Crippen LogP contribution in [0.25, 0.3) is 5.57 Å². The van der Waals surface area contributed by atoms with E-state index in [2.05, 4.69) is 21.9 Å². The van der Waals surface area contributed by atoms with Crippen molar-refractivity contribution in [3.63, 3.8) is 0 Å². The summed E-state index contributed by atoms with van der Waals surface area (Å²) in [6, 6.07) is 17.0. The lowest BCUT2D eigenvalue weighted by molar-refractivity contribution is -0.115. The third kappa shape index (κ3) is 5.86. The molecule has 162 valence electrons. The van der Waals surface area contributed by atoms with Gasteiger partial charge in [-0.2, -0.15) is 0 Å². The molecule has 3 aromatic rings. The number of carbonyl (C=O) groups excluding carboxylic acids is 1. The number of aliphatic hydroxyl groups excluding tert-OH is 1. The number of anilines is 1. The van der Waals surface area contributed by atoms with Gasteiger partial charge < -0.3 is 10.4 Å². The third-order valence-electron chi connectivity index (χ3n) is 4.86. The molecule has 0 saturated heterocycles. The molecular weight excluding hydrogens is 398 g/mol. The van der Waals surface area contributed by atoms with E-state index >= 15 is 0 Å². The zero-order valence-electron chi connectivity index (χ0n) is 18.3. The largest absolute Gasteiger partial charge is 0.382 e. The van der Waals surface area contributed by atoms with E-state index in [0.29, 0.717) is 11.3 Å². The maximum Gasteiger partial charge on any atom is 0.229 e. The highest BCUT2D eigenvalue weighted by molar-refractivity contribution is 5.92. The van der Waals surface area contributed by atoms with E-state index in [4.69, 9.17) is 0 Å². The Balaban J connectivity index is 1.96. The van der Waals surface area contributed by atoms with Gasteiger partial charge in [-0.25, -0.2) is 9.97 Å². The number of hydrogen-bond donors (Lipinski definition) is 2. The summed E-state index contributed by atoms with van der Waals surface area (Å²) >= 11 is 0. The molecule has 1 heterocycles. The van der Waals surface area contributed by atoms with Gasteiger partial charge in [-0.05, 0) is 25.0 Å². The molecule has 5 heteroatoms. The van der Waals surface area contributed by atoms with E-state index in [9.17, 15) is 9.90 Å². The molecule has 3 rings (SSSR count). The highest BCUT2D eigenvalue weighted by atomic mass is 16.3. The Morgan fingerprint density at radius 3 is 2.53 bits per heavy atom. The van der Waals surface area contributed by atoms with Crippen LogP contribution in [-0.2, 0) is 11.2 Å². The molecule has 0 fully saturated rings. The number of aromatic nitrogens is 2. The van der Waals surface area contributed by atoms with Gasteiger partial charge in [0.25, 0.3) is 0 Å². The fourth-order valence-corrected chi connectivity index (χ4v) is 3.22. The molecule has 1 atom stereocenters. The van der Waals surface area contributed by atoms with Crippen molar-refractivity contribution >= 4 is 17.3 Å². The molecule has 2 aromatic carbocycles. The van der Waals surface area contributed by atoms with E-state index in [1.165, 1.54) is 0 Å². The zero-order valence-corrected chi connectivity index (χ0v) is 18.3. The van der Waals surface area contributed by atoms with Gasteiger partial charge in [-0.3, -0.25) is 4.79 Å². The van der Waals surface area contributed by atoms with Crippen molar-refractivity contribution in [2.75, 3.05) is 5.32 Å². The number of rotatable bonds is 8. The van der Waals surface area contributed by atoms with Crippen LogP contribution < -0.4 is 5.32 Å². The summed E-state index contributed by atoms with van der Waals surface area (Å²) in [6.07, 6.45) is 8.00. The second-order valence-corrected chi connectivity index (χ2v) is 7.37. The summed E-state index contributed by atoms with van der Waals surface area (Å²) in [6.45, 7) is 7.66. The van der Waals surface area contributed by atoms with E-state index in [0.717, 1.165) is 16.7 Å². The SMILES string of the molecule is C=C/C=C(\C=C/C)c1cnc(NC(=O)Cc2ccc(C)cc2)c(C(O)c2ccccc2)n1. The van der Waals surface area contributed by atoms with Crippen LogP contribution in [0.2, 0.25) is 0 Å². The number of aliphatic hydroxyl groups is 1. The van der Waals surface area contributed by atoms with Gasteiger partial charge in [0.15, 0.2) is 5.82 Å². The molecule has 0 aliphatic rings. The Morgan fingerprint density at radius 2 is 1.88 bits per heavy atom. The first kappa shape index (κ1) is 22.8. The van der Waals surface area contributed by atoms with Gasteiger partial charge in [-0.15, -0.1) is 0 Å². The number of allylic oxidation sites excluding steroid dienone is 5. The number of hydrogen-bond acceptors (Lipinski definition) is 4. The molecule has 0 radical (unpaired) electrons. The second kappa shape index (κ2) is 11.0. The molecule has 2 N–H and O–H groups in total. The molecule has 5 nitrogen and oxygen atoms in total. The summed E-state index contributed by atoms with van der Waals surface area (Å²) < 4.78 is 0. The van der Waals surface area contributed by atoms with Crippen LogP contribution in [-0.4, -0.2) is 21.0 Å². The number of amides is 1. The van der Waals surface area contributed by atoms with Crippen molar-refractivity contribution in [3.8, 4) is 0 Å². The zero-order chi connectivity index (χ0) is 22.9. The van der Waals surface area contributed by atoms with E-state index < -0.39 is 6.10 Å². The van der Waals surface area contributed by atoms with Gasteiger partial charge in [0.05, 0.1) is 18.3 Å². The van der Waals surface area contributed by atoms with Crippen molar-refractivity contribution in [1.29, 1.82) is 0 Å². The van der Waals surface area contributed by atoms with E-state index in [1.54, 1.807) is 12.3 Å². The van der Waals surface area contributed by atoms with Crippen molar-refractivity contribution < 1.29 is 9.90 Å². The van der Waals surface area contributed by atoms with Gasteiger partial charge in [-0.1, -0.05) is 91.0 Å². The predicted molar refractivity (Wildman–Crippen MR) is 129 cm³/mol. The summed E-state index contributed by atoms with van der Waals surface area (Å²) in [5.74, 6) is 0.00775. The average Bonchev–Trinajstić information content (AvgIpc) is 2.81. The second-order valence-electron chi connectivity index (χ2n) is 7.37. The molecule has 0 aliphatic carbocycles. The smallest absolute Gasteiger partial charge is 0.229 e. The number of aryl methyl sites for hydroxylation is 1. The van der Waals surface area contributed by atoms with Crippen LogP contribution in [0.1, 0.15) is 41.1 Å². The van der Waals surface area contributed by atoms with Gasteiger partial charge >= 0.3 is 0 Å². The predicted octanol–water partition coefficient (Wildman–Crippen LogP) is 5.19. The van der Waals surface area contributed by atoms with Crippen molar-refractivity contribution in [1.82, 2.24) is 9.97 Å². The summed E-state index contributed by atoms with van der Waals surface area (Å²) in [5, 5.41) is 13.9. The van der Waals surface area contributed by atoms with Crippen LogP contribution in [0.15, 0.2) is 91.7 Å². The van der Waals surface area contributed by atoms with Crippen molar-refractivity contribution in [2.45, 2.75) is 26.4 Å². The number of benzene rings is 2. The molecule has 1 aromatic heterocycles. The first-order valence-corrected chi connectivity index (χ1v) is 10.4.